The molecule has 0 amide bonds. The summed E-state index contributed by atoms with van der Waals surface area (Å²) in [6.45, 7) is 3.04. The summed E-state index contributed by atoms with van der Waals surface area (Å²) in [7, 11) is 0. The molecule has 0 unspecified atom stereocenters. The zero-order chi connectivity index (χ0) is 14.5. The summed E-state index contributed by atoms with van der Waals surface area (Å²) in [5.74, 6) is 0. The van der Waals surface area contributed by atoms with E-state index in [1.165, 1.54) is 6.07 Å². The maximum absolute atomic E-state index is 11.1. The molecule has 0 aromatic heterocycles. The van der Waals surface area contributed by atoms with Gasteiger partial charge in [-0.2, -0.15) is 10.5 Å². The van der Waals surface area contributed by atoms with Crippen molar-refractivity contribution in [1.29, 1.82) is 10.5 Å². The molecular formula is C13H13N5O2. The molecule has 0 aliphatic carbocycles. The lowest BCUT2D eigenvalue weighted by Gasteiger charge is -2.34. The van der Waals surface area contributed by atoms with Crippen molar-refractivity contribution in [3.63, 3.8) is 0 Å². The maximum atomic E-state index is 11.1. The van der Waals surface area contributed by atoms with E-state index in [-0.39, 0.29) is 11.3 Å². The minimum atomic E-state index is -0.460. The van der Waals surface area contributed by atoms with Gasteiger partial charge in [-0.1, -0.05) is 0 Å². The number of nitro benzene ring substituents is 1. The van der Waals surface area contributed by atoms with Gasteiger partial charge in [0, 0.05) is 32.2 Å². The summed E-state index contributed by atoms with van der Waals surface area (Å²) in [5.41, 5.74) is 0.770. The van der Waals surface area contributed by atoms with Crippen LogP contribution in [-0.4, -0.2) is 42.5 Å². The van der Waals surface area contributed by atoms with Crippen molar-refractivity contribution in [2.24, 2.45) is 0 Å². The van der Waals surface area contributed by atoms with Gasteiger partial charge >= 0.3 is 0 Å². The van der Waals surface area contributed by atoms with Crippen LogP contribution in [0.3, 0.4) is 0 Å². The van der Waals surface area contributed by atoms with Crippen LogP contribution in [-0.2, 0) is 0 Å². The molecule has 1 aliphatic rings. The summed E-state index contributed by atoms with van der Waals surface area (Å²) in [5, 5.41) is 28.6. The number of nitrogens with zero attached hydrogens (tertiary/aromatic N) is 5. The third-order valence-corrected chi connectivity index (χ3v) is 3.31. The summed E-state index contributed by atoms with van der Waals surface area (Å²) in [6.07, 6.45) is 0. The van der Waals surface area contributed by atoms with Crippen LogP contribution in [0.2, 0.25) is 0 Å². The summed E-state index contributed by atoms with van der Waals surface area (Å²) >= 11 is 0. The van der Waals surface area contributed by atoms with E-state index < -0.39 is 4.92 Å². The van der Waals surface area contributed by atoms with Gasteiger partial charge in [0.25, 0.3) is 5.69 Å². The standard InChI is InChI=1S/C13H13N5O2/c14-3-4-16-5-7-17(8-6-16)12-2-1-11(10-15)9-13(12)18(19)20/h1-2,9H,4-8H2. The molecule has 0 radical (unpaired) electrons. The van der Waals surface area contributed by atoms with E-state index >= 15 is 0 Å². The second kappa shape index (κ2) is 6.00. The lowest BCUT2D eigenvalue weighted by atomic mass is 10.1. The van der Waals surface area contributed by atoms with E-state index in [0.29, 0.717) is 38.4 Å². The molecule has 1 saturated heterocycles. The second-order valence-electron chi connectivity index (χ2n) is 4.49. The third-order valence-electron chi connectivity index (χ3n) is 3.31. The molecule has 0 spiro atoms. The number of rotatable bonds is 3. The maximum Gasteiger partial charge on any atom is 0.293 e. The topological polar surface area (TPSA) is 97.2 Å². The van der Waals surface area contributed by atoms with E-state index in [2.05, 4.69) is 6.07 Å². The van der Waals surface area contributed by atoms with E-state index in [1.807, 2.05) is 15.9 Å². The Labute approximate surface area is 116 Å². The van der Waals surface area contributed by atoms with Gasteiger partial charge < -0.3 is 4.90 Å². The molecule has 1 fully saturated rings. The highest BCUT2D eigenvalue weighted by atomic mass is 16.6. The van der Waals surface area contributed by atoms with Crippen LogP contribution in [0.25, 0.3) is 0 Å². The van der Waals surface area contributed by atoms with Crippen molar-refractivity contribution in [1.82, 2.24) is 4.90 Å². The van der Waals surface area contributed by atoms with Crippen LogP contribution < -0.4 is 4.90 Å². The first-order chi connectivity index (χ1) is 9.65. The molecule has 20 heavy (non-hydrogen) atoms. The smallest absolute Gasteiger partial charge is 0.293 e. The van der Waals surface area contributed by atoms with Crippen LogP contribution in [0.4, 0.5) is 11.4 Å². The van der Waals surface area contributed by atoms with E-state index in [0.717, 1.165) is 0 Å². The zero-order valence-corrected chi connectivity index (χ0v) is 10.8. The van der Waals surface area contributed by atoms with Crippen LogP contribution in [0, 0.1) is 32.8 Å². The number of hydrogen-bond acceptors (Lipinski definition) is 6. The Morgan fingerprint density at radius 2 is 1.95 bits per heavy atom. The number of nitriles is 2. The fraction of sp³-hybridized carbons (Fsp3) is 0.385. The van der Waals surface area contributed by atoms with Crippen molar-refractivity contribution >= 4 is 11.4 Å². The molecular weight excluding hydrogens is 258 g/mol. The Morgan fingerprint density at radius 3 is 2.50 bits per heavy atom. The van der Waals surface area contributed by atoms with E-state index in [4.69, 9.17) is 10.5 Å². The van der Waals surface area contributed by atoms with Crippen molar-refractivity contribution in [2.75, 3.05) is 37.6 Å². The van der Waals surface area contributed by atoms with Crippen LogP contribution in [0.1, 0.15) is 5.56 Å². The van der Waals surface area contributed by atoms with Crippen LogP contribution in [0.15, 0.2) is 18.2 Å². The molecule has 1 aliphatic heterocycles. The number of hydrogen-bond donors (Lipinski definition) is 0. The van der Waals surface area contributed by atoms with E-state index in [9.17, 15) is 10.1 Å². The highest BCUT2D eigenvalue weighted by Crippen LogP contribution is 2.29. The molecule has 0 bridgehead atoms. The number of piperazine rings is 1. The molecule has 1 aromatic carbocycles. The number of anilines is 1. The number of nitro groups is 1. The van der Waals surface area contributed by atoms with E-state index in [1.54, 1.807) is 12.1 Å². The lowest BCUT2D eigenvalue weighted by Crippen LogP contribution is -2.46. The van der Waals surface area contributed by atoms with Crippen molar-refractivity contribution in [2.45, 2.75) is 0 Å². The molecule has 102 valence electrons. The first-order valence-corrected chi connectivity index (χ1v) is 6.18. The molecule has 1 heterocycles. The van der Waals surface area contributed by atoms with Gasteiger partial charge in [-0.3, -0.25) is 15.0 Å². The predicted octanol–water partition coefficient (Wildman–Crippen LogP) is 1.11. The van der Waals surface area contributed by atoms with Gasteiger partial charge in [-0.25, -0.2) is 0 Å². The summed E-state index contributed by atoms with van der Waals surface area (Å²) in [6, 6.07) is 8.52. The Balaban J connectivity index is 2.20. The molecule has 0 saturated carbocycles. The third kappa shape index (κ3) is 2.85. The summed E-state index contributed by atoms with van der Waals surface area (Å²) in [4.78, 5) is 14.6. The normalized spacial score (nSPS) is 15.4. The van der Waals surface area contributed by atoms with Crippen molar-refractivity contribution < 1.29 is 4.92 Å². The first-order valence-electron chi connectivity index (χ1n) is 6.18. The zero-order valence-electron chi connectivity index (χ0n) is 10.8. The van der Waals surface area contributed by atoms with Crippen molar-refractivity contribution in [3.8, 4) is 12.1 Å². The molecule has 2 rings (SSSR count). The number of benzene rings is 1. The average molecular weight is 271 g/mol. The Morgan fingerprint density at radius 1 is 1.25 bits per heavy atom. The summed E-state index contributed by atoms with van der Waals surface area (Å²) < 4.78 is 0. The Hall–Kier alpha value is -2.64. The van der Waals surface area contributed by atoms with Crippen molar-refractivity contribution in [3.05, 3.63) is 33.9 Å². The van der Waals surface area contributed by atoms with Gasteiger partial charge in [0.2, 0.25) is 0 Å². The molecule has 1 aromatic rings. The lowest BCUT2D eigenvalue weighted by molar-refractivity contribution is -0.384. The minimum absolute atomic E-state index is 0.0437. The Kier molecular flexibility index (Phi) is 4.14. The van der Waals surface area contributed by atoms with Gasteiger partial charge in [0.05, 0.1) is 29.2 Å². The fourth-order valence-electron chi connectivity index (χ4n) is 2.25. The second-order valence-corrected chi connectivity index (χ2v) is 4.49. The largest absolute Gasteiger partial charge is 0.363 e. The Bertz CT molecular complexity index is 594. The molecule has 0 atom stereocenters. The SMILES string of the molecule is N#CCN1CCN(c2ccc(C#N)cc2[N+](=O)[O-])CC1. The van der Waals surface area contributed by atoms with Gasteiger partial charge in [-0.15, -0.1) is 0 Å². The van der Waals surface area contributed by atoms with Crippen LogP contribution in [0.5, 0.6) is 0 Å². The molecule has 7 heteroatoms. The van der Waals surface area contributed by atoms with Gasteiger partial charge in [-0.05, 0) is 12.1 Å². The highest BCUT2D eigenvalue weighted by Gasteiger charge is 2.23. The average Bonchev–Trinajstić information content (AvgIpc) is 2.48. The predicted molar refractivity (Wildman–Crippen MR) is 72.1 cm³/mol. The molecule has 0 N–H and O–H groups in total. The monoisotopic (exact) mass is 271 g/mol. The highest BCUT2D eigenvalue weighted by molar-refractivity contribution is 5.65. The first kappa shape index (κ1) is 13.8. The fourth-order valence-corrected chi connectivity index (χ4v) is 2.25. The van der Waals surface area contributed by atoms with Crippen LogP contribution >= 0.6 is 0 Å². The van der Waals surface area contributed by atoms with Gasteiger partial charge in [0.1, 0.15) is 5.69 Å². The quantitative estimate of drug-likeness (QED) is 0.464. The van der Waals surface area contributed by atoms with Gasteiger partial charge in [0.15, 0.2) is 0 Å². The minimum Gasteiger partial charge on any atom is -0.363 e. The molecule has 7 nitrogen and oxygen atoms in total.